The Morgan fingerprint density at radius 1 is 1.24 bits per heavy atom. The molecule has 0 aromatic heterocycles. The Morgan fingerprint density at radius 2 is 1.88 bits per heavy atom. The van der Waals surface area contributed by atoms with Crippen LogP contribution in [-0.4, -0.2) is 42.1 Å². The zero-order valence-electron chi connectivity index (χ0n) is 9.67. The van der Waals surface area contributed by atoms with E-state index in [0.717, 1.165) is 18.8 Å². The summed E-state index contributed by atoms with van der Waals surface area (Å²) in [5.41, 5.74) is 0.832. The summed E-state index contributed by atoms with van der Waals surface area (Å²) >= 11 is 0. The number of phenols is 1. The van der Waals surface area contributed by atoms with Gasteiger partial charge < -0.3 is 14.9 Å². The summed E-state index contributed by atoms with van der Waals surface area (Å²) in [6.07, 6.45) is 1.34. The maximum Gasteiger partial charge on any atom is 0.246 e. The van der Waals surface area contributed by atoms with Crippen LogP contribution in [0.1, 0.15) is 0 Å². The highest BCUT2D eigenvalue weighted by molar-refractivity contribution is 5.87. The van der Waals surface area contributed by atoms with E-state index in [1.54, 1.807) is 17.0 Å². The number of benzene rings is 1. The number of nitrogens with zero attached hydrogens (tertiary/aromatic N) is 2. The third-order valence-corrected chi connectivity index (χ3v) is 2.99. The Hall–Kier alpha value is -1.97. The van der Waals surface area contributed by atoms with Crippen LogP contribution in [-0.2, 0) is 4.79 Å². The third-order valence-electron chi connectivity index (χ3n) is 2.99. The molecule has 1 aromatic rings. The van der Waals surface area contributed by atoms with E-state index in [0.29, 0.717) is 13.1 Å². The molecule has 90 valence electrons. The van der Waals surface area contributed by atoms with Crippen LogP contribution in [0.2, 0.25) is 0 Å². The minimum Gasteiger partial charge on any atom is -0.506 e. The normalized spacial score (nSPS) is 15.8. The van der Waals surface area contributed by atoms with Crippen LogP contribution in [0.5, 0.6) is 5.75 Å². The summed E-state index contributed by atoms with van der Waals surface area (Å²) in [5.74, 6) is 0.262. The summed E-state index contributed by atoms with van der Waals surface area (Å²) in [4.78, 5) is 15.3. The lowest BCUT2D eigenvalue weighted by molar-refractivity contribution is -0.126. The summed E-state index contributed by atoms with van der Waals surface area (Å²) in [6.45, 7) is 6.28. The molecule has 1 aromatic carbocycles. The molecule has 0 bridgehead atoms. The number of carbonyl (C=O) groups is 1. The van der Waals surface area contributed by atoms with Gasteiger partial charge in [-0.2, -0.15) is 0 Å². The number of carbonyl (C=O) groups excluding carboxylic acids is 1. The first-order valence-corrected chi connectivity index (χ1v) is 5.66. The number of anilines is 1. The van der Waals surface area contributed by atoms with Crippen LogP contribution in [0, 0.1) is 0 Å². The van der Waals surface area contributed by atoms with Crippen molar-refractivity contribution in [2.75, 3.05) is 31.1 Å². The Balaban J connectivity index is 2.02. The largest absolute Gasteiger partial charge is 0.506 e. The van der Waals surface area contributed by atoms with Crippen molar-refractivity contribution in [2.24, 2.45) is 0 Å². The van der Waals surface area contributed by atoms with Crippen LogP contribution >= 0.6 is 0 Å². The van der Waals surface area contributed by atoms with Gasteiger partial charge in [-0.15, -0.1) is 0 Å². The molecule has 0 saturated carbocycles. The van der Waals surface area contributed by atoms with Gasteiger partial charge in [0.05, 0.1) is 5.69 Å². The zero-order chi connectivity index (χ0) is 12.3. The maximum absolute atomic E-state index is 11.4. The lowest BCUT2D eigenvalue weighted by Crippen LogP contribution is -2.48. The topological polar surface area (TPSA) is 43.8 Å². The molecule has 4 nitrogen and oxygen atoms in total. The highest BCUT2D eigenvalue weighted by Crippen LogP contribution is 2.27. The summed E-state index contributed by atoms with van der Waals surface area (Å²) in [6, 6.07) is 7.27. The van der Waals surface area contributed by atoms with Gasteiger partial charge in [-0.3, -0.25) is 4.79 Å². The van der Waals surface area contributed by atoms with Crippen molar-refractivity contribution in [1.82, 2.24) is 4.90 Å². The number of piperazine rings is 1. The number of rotatable bonds is 2. The monoisotopic (exact) mass is 232 g/mol. The van der Waals surface area contributed by atoms with Crippen molar-refractivity contribution in [3.63, 3.8) is 0 Å². The van der Waals surface area contributed by atoms with Gasteiger partial charge in [0.25, 0.3) is 0 Å². The second kappa shape index (κ2) is 4.91. The lowest BCUT2D eigenvalue weighted by Gasteiger charge is -2.35. The lowest BCUT2D eigenvalue weighted by atomic mass is 10.2. The van der Waals surface area contributed by atoms with E-state index in [2.05, 4.69) is 11.5 Å². The minimum atomic E-state index is -0.0260. The highest BCUT2D eigenvalue weighted by atomic mass is 16.3. The second-order valence-electron chi connectivity index (χ2n) is 4.01. The van der Waals surface area contributed by atoms with Gasteiger partial charge in [0, 0.05) is 26.2 Å². The molecular formula is C13H16N2O2. The molecule has 1 fully saturated rings. The van der Waals surface area contributed by atoms with E-state index in [4.69, 9.17) is 0 Å². The fraction of sp³-hybridized carbons (Fsp3) is 0.308. The molecule has 4 heteroatoms. The number of para-hydroxylation sites is 2. The molecule has 1 saturated heterocycles. The molecule has 1 heterocycles. The Bertz CT molecular complexity index is 423. The number of hydrogen-bond donors (Lipinski definition) is 1. The van der Waals surface area contributed by atoms with Crippen LogP contribution in [0.4, 0.5) is 5.69 Å². The van der Waals surface area contributed by atoms with Gasteiger partial charge >= 0.3 is 0 Å². The first-order valence-electron chi connectivity index (χ1n) is 5.66. The predicted molar refractivity (Wildman–Crippen MR) is 67.1 cm³/mol. The average Bonchev–Trinajstić information content (AvgIpc) is 2.39. The third kappa shape index (κ3) is 2.41. The standard InChI is InChI=1S/C13H16N2O2/c1-2-13(17)15-9-7-14(8-10-15)11-5-3-4-6-12(11)16/h2-6,16H,1,7-10H2. The molecule has 1 aliphatic heterocycles. The van der Waals surface area contributed by atoms with Crippen molar-refractivity contribution >= 4 is 11.6 Å². The van der Waals surface area contributed by atoms with Crippen molar-refractivity contribution in [1.29, 1.82) is 0 Å². The van der Waals surface area contributed by atoms with Gasteiger partial charge in [-0.25, -0.2) is 0 Å². The van der Waals surface area contributed by atoms with Gasteiger partial charge in [-0.05, 0) is 18.2 Å². The van der Waals surface area contributed by atoms with Crippen LogP contribution in [0.15, 0.2) is 36.9 Å². The molecule has 1 aliphatic rings. The van der Waals surface area contributed by atoms with Crippen molar-refractivity contribution in [2.45, 2.75) is 0 Å². The number of aromatic hydroxyl groups is 1. The summed E-state index contributed by atoms with van der Waals surface area (Å²) < 4.78 is 0. The van der Waals surface area contributed by atoms with Crippen LogP contribution < -0.4 is 4.90 Å². The molecule has 0 aliphatic carbocycles. The fourth-order valence-corrected chi connectivity index (χ4v) is 2.03. The van der Waals surface area contributed by atoms with E-state index in [9.17, 15) is 9.90 Å². The SMILES string of the molecule is C=CC(=O)N1CCN(c2ccccc2O)CC1. The van der Waals surface area contributed by atoms with E-state index in [-0.39, 0.29) is 11.7 Å². The highest BCUT2D eigenvalue weighted by Gasteiger charge is 2.20. The van der Waals surface area contributed by atoms with Crippen molar-refractivity contribution in [3.8, 4) is 5.75 Å². The quantitative estimate of drug-likeness (QED) is 0.780. The van der Waals surface area contributed by atoms with Crippen molar-refractivity contribution in [3.05, 3.63) is 36.9 Å². The molecule has 0 unspecified atom stereocenters. The number of hydrogen-bond acceptors (Lipinski definition) is 3. The second-order valence-corrected chi connectivity index (χ2v) is 4.01. The molecule has 1 amide bonds. The smallest absolute Gasteiger partial charge is 0.246 e. The number of amides is 1. The average molecular weight is 232 g/mol. The van der Waals surface area contributed by atoms with Gasteiger partial charge in [-0.1, -0.05) is 18.7 Å². The van der Waals surface area contributed by atoms with E-state index in [1.807, 2.05) is 12.1 Å². The Kier molecular flexibility index (Phi) is 3.32. The fourth-order valence-electron chi connectivity index (χ4n) is 2.03. The zero-order valence-corrected chi connectivity index (χ0v) is 9.67. The van der Waals surface area contributed by atoms with Gasteiger partial charge in [0.15, 0.2) is 0 Å². The predicted octanol–water partition coefficient (Wildman–Crippen LogP) is 1.23. The van der Waals surface area contributed by atoms with Gasteiger partial charge in [0.2, 0.25) is 5.91 Å². The van der Waals surface area contributed by atoms with Gasteiger partial charge in [0.1, 0.15) is 5.75 Å². The minimum absolute atomic E-state index is 0.0260. The summed E-state index contributed by atoms with van der Waals surface area (Å²) in [5, 5.41) is 9.75. The maximum atomic E-state index is 11.4. The molecule has 1 N–H and O–H groups in total. The molecule has 17 heavy (non-hydrogen) atoms. The molecular weight excluding hydrogens is 216 g/mol. The molecule has 0 radical (unpaired) electrons. The van der Waals surface area contributed by atoms with E-state index >= 15 is 0 Å². The van der Waals surface area contributed by atoms with Crippen LogP contribution in [0.3, 0.4) is 0 Å². The summed E-state index contributed by atoms with van der Waals surface area (Å²) in [7, 11) is 0. The molecule has 0 spiro atoms. The first-order chi connectivity index (χ1) is 8.22. The van der Waals surface area contributed by atoms with E-state index in [1.165, 1.54) is 6.08 Å². The van der Waals surface area contributed by atoms with E-state index < -0.39 is 0 Å². The first kappa shape index (κ1) is 11.5. The van der Waals surface area contributed by atoms with Crippen LogP contribution in [0.25, 0.3) is 0 Å². The molecule has 2 rings (SSSR count). The Morgan fingerprint density at radius 3 is 2.47 bits per heavy atom. The number of phenolic OH excluding ortho intramolecular Hbond substituents is 1. The van der Waals surface area contributed by atoms with Crippen molar-refractivity contribution < 1.29 is 9.90 Å². The molecule has 0 atom stereocenters. The Labute approximate surface area is 101 Å².